The average molecular weight is 265 g/mol. The molecule has 0 unspecified atom stereocenters. The third-order valence-corrected chi connectivity index (χ3v) is 3.40. The first-order valence-corrected chi connectivity index (χ1v) is 6.62. The lowest BCUT2D eigenvalue weighted by Gasteiger charge is -2.28. The molecule has 1 aliphatic rings. The molecule has 0 aromatic heterocycles. The number of carbonyl (C=O) groups excluding carboxylic acids is 1. The van der Waals surface area contributed by atoms with E-state index in [1.807, 2.05) is 16.8 Å². The van der Waals surface area contributed by atoms with Crippen molar-refractivity contribution in [2.75, 3.05) is 44.7 Å². The number of rotatable bonds is 4. The van der Waals surface area contributed by atoms with Gasteiger partial charge < -0.3 is 15.1 Å². The first kappa shape index (κ1) is 13.8. The van der Waals surface area contributed by atoms with Gasteiger partial charge in [-0.15, -0.1) is 0 Å². The summed E-state index contributed by atoms with van der Waals surface area (Å²) in [5.74, 6) is -0.0514. The van der Waals surface area contributed by atoms with Gasteiger partial charge in [0.05, 0.1) is 0 Å². The van der Waals surface area contributed by atoms with E-state index in [0.717, 1.165) is 31.9 Å². The number of carbonyl (C=O) groups is 1. The molecule has 1 fully saturated rings. The monoisotopic (exact) mass is 265 g/mol. The molecule has 1 aliphatic heterocycles. The van der Waals surface area contributed by atoms with Gasteiger partial charge in [-0.1, -0.05) is 0 Å². The fourth-order valence-electron chi connectivity index (χ4n) is 2.16. The Balaban J connectivity index is 1.80. The van der Waals surface area contributed by atoms with Crippen molar-refractivity contribution in [3.63, 3.8) is 0 Å². The van der Waals surface area contributed by atoms with E-state index >= 15 is 0 Å². The Labute approximate surface area is 113 Å². The molecule has 104 valence electrons. The molecule has 0 bridgehead atoms. The van der Waals surface area contributed by atoms with Gasteiger partial charge in [0.1, 0.15) is 5.82 Å². The van der Waals surface area contributed by atoms with Crippen molar-refractivity contribution in [1.82, 2.24) is 10.2 Å². The number of piperazine rings is 1. The minimum absolute atomic E-state index is 0.190. The summed E-state index contributed by atoms with van der Waals surface area (Å²) in [6.07, 6.45) is 0.494. The van der Waals surface area contributed by atoms with Gasteiger partial charge in [-0.05, 0) is 24.3 Å². The highest BCUT2D eigenvalue weighted by Gasteiger charge is 2.16. The summed E-state index contributed by atoms with van der Waals surface area (Å²) in [7, 11) is 1.91. The minimum atomic E-state index is -0.242. The van der Waals surface area contributed by atoms with E-state index in [4.69, 9.17) is 0 Å². The Kier molecular flexibility index (Phi) is 4.74. The highest BCUT2D eigenvalue weighted by atomic mass is 19.1. The first-order valence-electron chi connectivity index (χ1n) is 6.62. The molecular formula is C14H20FN3O. The Morgan fingerprint density at radius 2 is 1.95 bits per heavy atom. The number of hydrogen-bond donors (Lipinski definition) is 1. The molecule has 0 aliphatic carbocycles. The fourth-order valence-corrected chi connectivity index (χ4v) is 2.16. The van der Waals surface area contributed by atoms with E-state index in [2.05, 4.69) is 5.32 Å². The van der Waals surface area contributed by atoms with Crippen molar-refractivity contribution in [3.8, 4) is 0 Å². The van der Waals surface area contributed by atoms with Gasteiger partial charge in [-0.25, -0.2) is 4.39 Å². The molecule has 2 rings (SSSR count). The Bertz CT molecular complexity index is 415. The molecule has 0 radical (unpaired) electrons. The maximum Gasteiger partial charge on any atom is 0.224 e. The number of nitrogens with one attached hydrogen (secondary N) is 1. The van der Waals surface area contributed by atoms with Crippen LogP contribution in [0.25, 0.3) is 0 Å². The van der Waals surface area contributed by atoms with Crippen LogP contribution in [-0.2, 0) is 4.79 Å². The third-order valence-electron chi connectivity index (χ3n) is 3.40. The number of benzene rings is 1. The van der Waals surface area contributed by atoms with E-state index < -0.39 is 0 Å². The van der Waals surface area contributed by atoms with E-state index in [1.165, 1.54) is 12.1 Å². The quantitative estimate of drug-likeness (QED) is 0.885. The molecular weight excluding hydrogens is 245 g/mol. The van der Waals surface area contributed by atoms with E-state index in [0.29, 0.717) is 13.0 Å². The molecule has 5 heteroatoms. The molecule has 0 saturated carbocycles. The maximum absolute atomic E-state index is 12.8. The number of anilines is 1. The average Bonchev–Trinajstić information content (AvgIpc) is 2.46. The molecule has 0 atom stereocenters. The Morgan fingerprint density at radius 3 is 2.58 bits per heavy atom. The van der Waals surface area contributed by atoms with Gasteiger partial charge in [0.15, 0.2) is 0 Å². The summed E-state index contributed by atoms with van der Waals surface area (Å²) in [5.41, 5.74) is 0.925. The van der Waals surface area contributed by atoms with Crippen LogP contribution in [0.4, 0.5) is 10.1 Å². The molecule has 0 spiro atoms. The zero-order valence-electron chi connectivity index (χ0n) is 11.2. The SMILES string of the molecule is CN(CCC(=O)N1CCNCC1)c1ccc(F)cc1. The zero-order valence-corrected chi connectivity index (χ0v) is 11.2. The fraction of sp³-hybridized carbons (Fsp3) is 0.500. The second-order valence-corrected chi connectivity index (χ2v) is 4.78. The van der Waals surface area contributed by atoms with Gasteiger partial charge >= 0.3 is 0 Å². The van der Waals surface area contributed by atoms with Crippen molar-refractivity contribution in [1.29, 1.82) is 0 Å². The summed E-state index contributed by atoms with van der Waals surface area (Å²) < 4.78 is 12.8. The topological polar surface area (TPSA) is 35.6 Å². The number of hydrogen-bond acceptors (Lipinski definition) is 3. The first-order chi connectivity index (χ1) is 9.16. The lowest BCUT2D eigenvalue weighted by atomic mass is 10.2. The van der Waals surface area contributed by atoms with Crippen LogP contribution < -0.4 is 10.2 Å². The van der Waals surface area contributed by atoms with Crippen LogP contribution in [0, 0.1) is 5.82 Å². The number of nitrogens with zero attached hydrogens (tertiary/aromatic N) is 2. The Morgan fingerprint density at radius 1 is 1.32 bits per heavy atom. The van der Waals surface area contributed by atoms with Gasteiger partial charge in [-0.3, -0.25) is 4.79 Å². The summed E-state index contributed by atoms with van der Waals surface area (Å²) >= 11 is 0. The van der Waals surface area contributed by atoms with Gasteiger partial charge in [0.2, 0.25) is 5.91 Å². The molecule has 19 heavy (non-hydrogen) atoms. The lowest BCUT2D eigenvalue weighted by Crippen LogP contribution is -2.47. The predicted molar refractivity (Wildman–Crippen MR) is 73.7 cm³/mol. The third kappa shape index (κ3) is 3.92. The van der Waals surface area contributed by atoms with Crippen LogP contribution in [0.15, 0.2) is 24.3 Å². The second-order valence-electron chi connectivity index (χ2n) is 4.78. The van der Waals surface area contributed by atoms with Crippen LogP contribution in [0.2, 0.25) is 0 Å². The Hall–Kier alpha value is -1.62. The summed E-state index contributed by atoms with van der Waals surface area (Å²) in [6, 6.07) is 6.32. The second kappa shape index (κ2) is 6.52. The highest BCUT2D eigenvalue weighted by Crippen LogP contribution is 2.13. The number of amides is 1. The van der Waals surface area contributed by atoms with Crippen molar-refractivity contribution >= 4 is 11.6 Å². The number of halogens is 1. The molecule has 1 heterocycles. The standard InChI is InChI=1S/C14H20FN3O/c1-17(13-4-2-12(15)3-5-13)9-6-14(19)18-10-7-16-8-11-18/h2-5,16H,6-11H2,1H3. The maximum atomic E-state index is 12.8. The van der Waals surface area contributed by atoms with Gasteiger partial charge in [0.25, 0.3) is 0 Å². The van der Waals surface area contributed by atoms with E-state index in [1.54, 1.807) is 12.1 Å². The predicted octanol–water partition coefficient (Wildman–Crippen LogP) is 1.08. The van der Waals surface area contributed by atoms with Gasteiger partial charge in [0, 0.05) is 51.9 Å². The van der Waals surface area contributed by atoms with Crippen molar-refractivity contribution < 1.29 is 9.18 Å². The smallest absolute Gasteiger partial charge is 0.224 e. The van der Waals surface area contributed by atoms with Crippen LogP contribution in [0.5, 0.6) is 0 Å². The molecule has 1 amide bonds. The summed E-state index contributed by atoms with van der Waals surface area (Å²) in [6.45, 7) is 3.98. The zero-order chi connectivity index (χ0) is 13.7. The summed E-state index contributed by atoms with van der Waals surface area (Å²) in [4.78, 5) is 15.9. The van der Waals surface area contributed by atoms with E-state index in [9.17, 15) is 9.18 Å². The van der Waals surface area contributed by atoms with Crippen LogP contribution in [0.3, 0.4) is 0 Å². The molecule has 1 aromatic carbocycles. The lowest BCUT2D eigenvalue weighted by molar-refractivity contribution is -0.131. The van der Waals surface area contributed by atoms with Crippen molar-refractivity contribution in [2.24, 2.45) is 0 Å². The largest absolute Gasteiger partial charge is 0.374 e. The van der Waals surface area contributed by atoms with Crippen LogP contribution in [-0.4, -0.2) is 50.6 Å². The molecule has 1 saturated heterocycles. The van der Waals surface area contributed by atoms with Crippen molar-refractivity contribution in [3.05, 3.63) is 30.1 Å². The molecule has 1 N–H and O–H groups in total. The highest BCUT2D eigenvalue weighted by molar-refractivity contribution is 5.77. The molecule has 4 nitrogen and oxygen atoms in total. The van der Waals surface area contributed by atoms with Crippen LogP contribution in [0.1, 0.15) is 6.42 Å². The van der Waals surface area contributed by atoms with Crippen LogP contribution >= 0.6 is 0 Å². The minimum Gasteiger partial charge on any atom is -0.374 e. The van der Waals surface area contributed by atoms with Crippen molar-refractivity contribution in [2.45, 2.75) is 6.42 Å². The van der Waals surface area contributed by atoms with E-state index in [-0.39, 0.29) is 11.7 Å². The normalized spacial score (nSPS) is 15.4. The molecule has 1 aromatic rings. The van der Waals surface area contributed by atoms with Gasteiger partial charge in [-0.2, -0.15) is 0 Å². The summed E-state index contributed by atoms with van der Waals surface area (Å²) in [5, 5.41) is 3.23.